The highest BCUT2D eigenvalue weighted by molar-refractivity contribution is 6.34. The Labute approximate surface area is 206 Å². The molecule has 35 heavy (non-hydrogen) atoms. The number of aliphatic imine (C=N–C) groups is 1. The van der Waals surface area contributed by atoms with Gasteiger partial charge in [-0.2, -0.15) is 0 Å². The molecule has 0 atom stereocenters. The SMILES string of the molecule is COc1cc(C(=O)Oc2ccccc2C=C2N=C(c3ccccc3Cl)OC2=O)cc(OC)c1OC. The highest BCUT2D eigenvalue weighted by Crippen LogP contribution is 2.38. The third-order valence-corrected chi connectivity index (χ3v) is 5.37. The van der Waals surface area contributed by atoms with Crippen LogP contribution < -0.4 is 18.9 Å². The van der Waals surface area contributed by atoms with Gasteiger partial charge in [-0.1, -0.05) is 41.9 Å². The van der Waals surface area contributed by atoms with E-state index in [1.54, 1.807) is 48.5 Å². The first-order valence-electron chi connectivity index (χ1n) is 10.3. The predicted molar refractivity (Wildman–Crippen MR) is 130 cm³/mol. The minimum absolute atomic E-state index is 0.0382. The van der Waals surface area contributed by atoms with Crippen molar-refractivity contribution < 1.29 is 33.3 Å². The van der Waals surface area contributed by atoms with E-state index in [1.165, 1.54) is 39.5 Å². The number of methoxy groups -OCH3 is 3. The van der Waals surface area contributed by atoms with Gasteiger partial charge in [0.05, 0.1) is 37.5 Å². The molecule has 1 aliphatic rings. The first kappa shape index (κ1) is 23.8. The number of halogens is 1. The minimum atomic E-state index is -0.663. The van der Waals surface area contributed by atoms with Crippen LogP contribution in [-0.4, -0.2) is 39.2 Å². The standard InChI is InChI=1S/C26H20ClNO7/c1-31-21-13-16(14-22(32-2)23(21)33-3)25(29)34-20-11-7-4-8-15(20)12-19-26(30)35-24(28-19)17-9-5-6-10-18(17)27/h4-14H,1-3H3. The highest BCUT2D eigenvalue weighted by atomic mass is 35.5. The normalized spacial score (nSPS) is 13.8. The maximum atomic E-state index is 12.9. The van der Waals surface area contributed by atoms with Gasteiger partial charge in [0.2, 0.25) is 11.6 Å². The average Bonchev–Trinajstić information content (AvgIpc) is 3.23. The van der Waals surface area contributed by atoms with Gasteiger partial charge in [-0.25, -0.2) is 14.6 Å². The zero-order valence-corrected chi connectivity index (χ0v) is 19.8. The predicted octanol–water partition coefficient (Wildman–Crippen LogP) is 4.93. The number of hydrogen-bond acceptors (Lipinski definition) is 8. The quantitative estimate of drug-likeness (QED) is 0.262. The van der Waals surface area contributed by atoms with Crippen LogP contribution in [0, 0.1) is 0 Å². The molecular formula is C26H20ClNO7. The van der Waals surface area contributed by atoms with Gasteiger partial charge in [0.25, 0.3) is 0 Å². The third kappa shape index (κ3) is 4.97. The molecular weight excluding hydrogens is 474 g/mol. The fourth-order valence-corrected chi connectivity index (χ4v) is 3.57. The Morgan fingerprint density at radius 3 is 2.23 bits per heavy atom. The minimum Gasteiger partial charge on any atom is -0.493 e. The molecule has 0 radical (unpaired) electrons. The smallest absolute Gasteiger partial charge is 0.363 e. The first-order chi connectivity index (χ1) is 16.9. The molecule has 0 unspecified atom stereocenters. The van der Waals surface area contributed by atoms with Gasteiger partial charge in [0.15, 0.2) is 17.2 Å². The number of carbonyl (C=O) groups excluding carboxylic acids is 2. The van der Waals surface area contributed by atoms with Gasteiger partial charge in [-0.05, 0) is 36.4 Å². The molecule has 0 N–H and O–H groups in total. The van der Waals surface area contributed by atoms with Gasteiger partial charge in [-0.15, -0.1) is 0 Å². The molecule has 0 saturated carbocycles. The lowest BCUT2D eigenvalue weighted by atomic mass is 10.1. The molecule has 0 aromatic heterocycles. The number of rotatable bonds is 7. The third-order valence-electron chi connectivity index (χ3n) is 5.04. The van der Waals surface area contributed by atoms with Crippen LogP contribution in [0.5, 0.6) is 23.0 Å². The lowest BCUT2D eigenvalue weighted by Crippen LogP contribution is -2.10. The molecule has 0 aliphatic carbocycles. The van der Waals surface area contributed by atoms with E-state index in [0.717, 1.165) is 0 Å². The molecule has 3 aromatic rings. The number of cyclic esters (lactones) is 1. The molecule has 8 nitrogen and oxygen atoms in total. The fourth-order valence-electron chi connectivity index (χ4n) is 3.36. The van der Waals surface area contributed by atoms with E-state index in [4.69, 9.17) is 35.3 Å². The lowest BCUT2D eigenvalue weighted by molar-refractivity contribution is -0.129. The monoisotopic (exact) mass is 493 g/mol. The van der Waals surface area contributed by atoms with Crippen LogP contribution in [0.15, 0.2) is 71.4 Å². The Hall–Kier alpha value is -4.30. The fraction of sp³-hybridized carbons (Fsp3) is 0.115. The molecule has 9 heteroatoms. The number of para-hydroxylation sites is 1. The zero-order valence-electron chi connectivity index (χ0n) is 19.0. The topological polar surface area (TPSA) is 92.7 Å². The van der Waals surface area contributed by atoms with E-state index in [2.05, 4.69) is 4.99 Å². The van der Waals surface area contributed by atoms with Gasteiger partial charge in [-0.3, -0.25) is 0 Å². The Kier molecular flexibility index (Phi) is 7.03. The molecule has 1 heterocycles. The Balaban J connectivity index is 1.64. The van der Waals surface area contributed by atoms with Crippen molar-refractivity contribution in [1.29, 1.82) is 0 Å². The van der Waals surface area contributed by atoms with Crippen molar-refractivity contribution in [2.45, 2.75) is 0 Å². The van der Waals surface area contributed by atoms with Crippen molar-refractivity contribution in [3.63, 3.8) is 0 Å². The maximum Gasteiger partial charge on any atom is 0.363 e. The summed E-state index contributed by atoms with van der Waals surface area (Å²) < 4.78 is 26.8. The summed E-state index contributed by atoms with van der Waals surface area (Å²) in [7, 11) is 4.37. The Bertz CT molecular complexity index is 1340. The Morgan fingerprint density at radius 2 is 1.57 bits per heavy atom. The van der Waals surface area contributed by atoms with E-state index < -0.39 is 11.9 Å². The summed E-state index contributed by atoms with van der Waals surface area (Å²) >= 11 is 6.19. The summed E-state index contributed by atoms with van der Waals surface area (Å²) in [6, 6.07) is 16.6. The van der Waals surface area contributed by atoms with E-state index in [9.17, 15) is 9.59 Å². The van der Waals surface area contributed by atoms with E-state index >= 15 is 0 Å². The van der Waals surface area contributed by atoms with Crippen LogP contribution >= 0.6 is 11.6 Å². The van der Waals surface area contributed by atoms with Gasteiger partial charge in [0.1, 0.15) is 5.75 Å². The molecule has 0 amide bonds. The summed E-state index contributed by atoms with van der Waals surface area (Å²) in [6.45, 7) is 0. The summed E-state index contributed by atoms with van der Waals surface area (Å²) in [5.41, 5.74) is 1.16. The van der Waals surface area contributed by atoms with Gasteiger partial charge < -0.3 is 23.7 Å². The number of carbonyl (C=O) groups is 2. The van der Waals surface area contributed by atoms with Crippen molar-refractivity contribution in [2.24, 2.45) is 4.99 Å². The Morgan fingerprint density at radius 1 is 0.914 bits per heavy atom. The van der Waals surface area contributed by atoms with Crippen molar-refractivity contribution in [1.82, 2.24) is 0 Å². The summed E-state index contributed by atoms with van der Waals surface area (Å²) in [5, 5.41) is 0.403. The van der Waals surface area contributed by atoms with Crippen LogP contribution in [-0.2, 0) is 9.53 Å². The summed E-state index contributed by atoms with van der Waals surface area (Å²) in [5.74, 6) is -0.0287. The van der Waals surface area contributed by atoms with E-state index in [-0.39, 0.29) is 22.9 Å². The number of ether oxygens (including phenoxy) is 5. The second kappa shape index (κ2) is 10.3. The average molecular weight is 494 g/mol. The molecule has 0 saturated heterocycles. The zero-order chi connectivity index (χ0) is 24.9. The molecule has 0 fully saturated rings. The molecule has 0 spiro atoms. The van der Waals surface area contributed by atoms with E-state index in [0.29, 0.717) is 33.4 Å². The second-order valence-corrected chi connectivity index (χ2v) is 7.56. The van der Waals surface area contributed by atoms with Crippen molar-refractivity contribution in [3.8, 4) is 23.0 Å². The van der Waals surface area contributed by atoms with Crippen LogP contribution in [0.4, 0.5) is 0 Å². The van der Waals surface area contributed by atoms with Crippen molar-refractivity contribution in [2.75, 3.05) is 21.3 Å². The number of nitrogens with zero attached hydrogens (tertiary/aromatic N) is 1. The maximum absolute atomic E-state index is 12.9. The summed E-state index contributed by atoms with van der Waals surface area (Å²) in [6.07, 6.45) is 1.48. The molecule has 4 rings (SSSR count). The highest BCUT2D eigenvalue weighted by Gasteiger charge is 2.26. The van der Waals surface area contributed by atoms with Crippen molar-refractivity contribution in [3.05, 3.63) is 88.1 Å². The molecule has 3 aromatic carbocycles. The summed E-state index contributed by atoms with van der Waals surface area (Å²) in [4.78, 5) is 29.7. The number of benzene rings is 3. The van der Waals surface area contributed by atoms with Gasteiger partial charge >= 0.3 is 11.9 Å². The largest absolute Gasteiger partial charge is 0.493 e. The lowest BCUT2D eigenvalue weighted by Gasteiger charge is -2.14. The second-order valence-electron chi connectivity index (χ2n) is 7.16. The van der Waals surface area contributed by atoms with Crippen LogP contribution in [0.2, 0.25) is 5.02 Å². The molecule has 178 valence electrons. The molecule has 0 bridgehead atoms. The number of hydrogen-bond donors (Lipinski definition) is 0. The first-order valence-corrected chi connectivity index (χ1v) is 10.7. The van der Waals surface area contributed by atoms with Crippen molar-refractivity contribution >= 4 is 35.5 Å². The number of esters is 2. The van der Waals surface area contributed by atoms with Crippen LogP contribution in [0.1, 0.15) is 21.5 Å². The molecule has 1 aliphatic heterocycles. The van der Waals surface area contributed by atoms with Gasteiger partial charge in [0, 0.05) is 5.56 Å². The van der Waals surface area contributed by atoms with E-state index in [1.807, 2.05) is 0 Å². The van der Waals surface area contributed by atoms with Crippen LogP contribution in [0.3, 0.4) is 0 Å². The van der Waals surface area contributed by atoms with Crippen LogP contribution in [0.25, 0.3) is 6.08 Å².